The lowest BCUT2D eigenvalue weighted by atomic mass is 10.3. The summed E-state index contributed by atoms with van der Waals surface area (Å²) < 4.78 is 48.6. The highest BCUT2D eigenvalue weighted by atomic mass is 32.2. The molecule has 0 radical (unpaired) electrons. The van der Waals surface area contributed by atoms with Crippen molar-refractivity contribution in [2.45, 2.75) is 10.6 Å². The molecule has 3 rings (SSSR count). The first-order chi connectivity index (χ1) is 13.8. The predicted octanol–water partition coefficient (Wildman–Crippen LogP) is 3.54. The van der Waals surface area contributed by atoms with Gasteiger partial charge in [-0.1, -0.05) is 18.2 Å². The van der Waals surface area contributed by atoms with Crippen molar-refractivity contribution in [3.05, 3.63) is 84.1 Å². The summed E-state index contributed by atoms with van der Waals surface area (Å²) >= 11 is 0. The number of hydrogen-bond acceptors (Lipinski definition) is 5. The Morgan fingerprint density at radius 1 is 1.03 bits per heavy atom. The molecule has 0 saturated heterocycles. The molecule has 1 aromatic heterocycles. The summed E-state index contributed by atoms with van der Waals surface area (Å²) in [6, 6.07) is 16.6. The second-order valence-corrected chi connectivity index (χ2v) is 8.36. The van der Waals surface area contributed by atoms with E-state index in [2.05, 4.69) is 0 Å². The first-order valence-corrected chi connectivity index (χ1v) is 10.5. The summed E-state index contributed by atoms with van der Waals surface area (Å²) in [7, 11) is -1.98. The zero-order valence-electron chi connectivity index (χ0n) is 15.7. The Hall–Kier alpha value is -3.13. The van der Waals surface area contributed by atoms with Gasteiger partial charge in [0.1, 0.15) is 29.7 Å². The van der Waals surface area contributed by atoms with Gasteiger partial charge < -0.3 is 14.1 Å². The van der Waals surface area contributed by atoms with Crippen molar-refractivity contribution in [2.24, 2.45) is 0 Å². The van der Waals surface area contributed by atoms with E-state index in [9.17, 15) is 17.6 Å². The van der Waals surface area contributed by atoms with Gasteiger partial charge in [0, 0.05) is 7.05 Å². The molecule has 6 nitrogen and oxygen atoms in total. The third kappa shape index (κ3) is 5.45. The van der Waals surface area contributed by atoms with E-state index >= 15 is 0 Å². The molecule has 8 heteroatoms. The number of nitrogens with zero attached hydrogens (tertiary/aromatic N) is 1. The van der Waals surface area contributed by atoms with Crippen LogP contribution >= 0.6 is 0 Å². The van der Waals surface area contributed by atoms with Gasteiger partial charge in [-0.15, -0.1) is 0 Å². The molecule has 2 aromatic carbocycles. The van der Waals surface area contributed by atoms with Gasteiger partial charge in [0.05, 0.1) is 11.4 Å². The Balaban J connectivity index is 1.56. The molecule has 29 heavy (non-hydrogen) atoms. The molecular formula is C21H20FNO5S. The number of carbonyl (C=O) groups excluding carboxylic acids is 1. The maximum Gasteiger partial charge on any atom is 0.289 e. The van der Waals surface area contributed by atoms with E-state index in [4.69, 9.17) is 9.15 Å². The number of likely N-dealkylation sites (N-methyl/N-ethyl adjacent to an activating group) is 1. The number of ether oxygens (including phenoxy) is 1. The van der Waals surface area contributed by atoms with Gasteiger partial charge in [0.15, 0.2) is 15.6 Å². The zero-order valence-corrected chi connectivity index (χ0v) is 16.6. The van der Waals surface area contributed by atoms with Crippen molar-refractivity contribution >= 4 is 15.7 Å². The first-order valence-electron chi connectivity index (χ1n) is 8.85. The minimum absolute atomic E-state index is 0.0487. The van der Waals surface area contributed by atoms with Crippen LogP contribution in [-0.4, -0.2) is 39.4 Å². The SMILES string of the molecule is CN(CCOc1ccc(F)cc1)C(=O)c1ccc(CS(=O)(=O)c2ccccc2)o1. The van der Waals surface area contributed by atoms with Crippen LogP contribution < -0.4 is 4.74 Å². The fourth-order valence-electron chi connectivity index (χ4n) is 2.59. The summed E-state index contributed by atoms with van der Waals surface area (Å²) in [5.74, 6) is -0.343. The van der Waals surface area contributed by atoms with Crippen LogP contribution in [-0.2, 0) is 15.6 Å². The monoisotopic (exact) mass is 417 g/mol. The number of halogens is 1. The van der Waals surface area contributed by atoms with Gasteiger partial charge in [-0.05, 0) is 48.5 Å². The molecule has 0 aliphatic rings. The van der Waals surface area contributed by atoms with Crippen LogP contribution in [0.15, 0.2) is 76.0 Å². The predicted molar refractivity (Wildman–Crippen MR) is 105 cm³/mol. The molecule has 0 N–H and O–H groups in total. The second-order valence-electron chi connectivity index (χ2n) is 6.37. The third-order valence-corrected chi connectivity index (χ3v) is 5.82. The summed E-state index contributed by atoms with van der Waals surface area (Å²) in [6.45, 7) is 0.485. The highest BCUT2D eigenvalue weighted by Gasteiger charge is 2.20. The Bertz CT molecular complexity index is 1060. The molecule has 0 fully saturated rings. The summed E-state index contributed by atoms with van der Waals surface area (Å²) in [5.41, 5.74) is 0. The van der Waals surface area contributed by atoms with E-state index in [1.807, 2.05) is 0 Å². The molecular weight excluding hydrogens is 397 g/mol. The minimum Gasteiger partial charge on any atom is -0.492 e. The zero-order chi connectivity index (χ0) is 20.9. The fourth-order valence-corrected chi connectivity index (χ4v) is 3.86. The van der Waals surface area contributed by atoms with Gasteiger partial charge in [0.25, 0.3) is 5.91 Å². The van der Waals surface area contributed by atoms with Gasteiger partial charge in [-0.2, -0.15) is 0 Å². The van der Waals surface area contributed by atoms with E-state index in [1.165, 1.54) is 53.4 Å². The van der Waals surface area contributed by atoms with Crippen molar-refractivity contribution in [1.82, 2.24) is 4.90 Å². The quantitative estimate of drug-likeness (QED) is 0.560. The van der Waals surface area contributed by atoms with Crippen molar-refractivity contribution < 1.29 is 26.8 Å². The number of sulfone groups is 1. The van der Waals surface area contributed by atoms with Crippen LogP contribution in [0.25, 0.3) is 0 Å². The molecule has 0 aliphatic carbocycles. The smallest absolute Gasteiger partial charge is 0.289 e. The summed E-state index contributed by atoms with van der Waals surface area (Å²) in [6.07, 6.45) is 0. The molecule has 152 valence electrons. The largest absolute Gasteiger partial charge is 0.492 e. The fraction of sp³-hybridized carbons (Fsp3) is 0.190. The van der Waals surface area contributed by atoms with Crippen LogP contribution in [0.1, 0.15) is 16.3 Å². The van der Waals surface area contributed by atoms with E-state index < -0.39 is 15.7 Å². The maximum absolute atomic E-state index is 12.9. The molecule has 0 spiro atoms. The number of carbonyl (C=O) groups is 1. The minimum atomic E-state index is -3.56. The molecule has 0 atom stereocenters. The van der Waals surface area contributed by atoms with Gasteiger partial charge in [-0.25, -0.2) is 12.8 Å². The van der Waals surface area contributed by atoms with Crippen LogP contribution in [0.3, 0.4) is 0 Å². The number of benzene rings is 2. The molecule has 1 heterocycles. The molecule has 1 amide bonds. The Morgan fingerprint density at radius 2 is 1.72 bits per heavy atom. The molecule has 0 bridgehead atoms. The van der Waals surface area contributed by atoms with Gasteiger partial charge in [0.2, 0.25) is 0 Å². The Kier molecular flexibility index (Phi) is 6.33. The summed E-state index contributed by atoms with van der Waals surface area (Å²) in [5, 5.41) is 0. The maximum atomic E-state index is 12.9. The van der Waals surface area contributed by atoms with E-state index in [-0.39, 0.29) is 41.1 Å². The Morgan fingerprint density at radius 3 is 2.41 bits per heavy atom. The second kappa shape index (κ2) is 8.91. The first kappa shape index (κ1) is 20.6. The van der Waals surface area contributed by atoms with Crippen molar-refractivity contribution in [3.63, 3.8) is 0 Å². The van der Waals surface area contributed by atoms with Crippen molar-refractivity contribution in [1.29, 1.82) is 0 Å². The van der Waals surface area contributed by atoms with Crippen molar-refractivity contribution in [2.75, 3.05) is 20.2 Å². The average Bonchev–Trinajstić information content (AvgIpc) is 3.17. The lowest BCUT2D eigenvalue weighted by Gasteiger charge is -2.16. The van der Waals surface area contributed by atoms with Gasteiger partial charge >= 0.3 is 0 Å². The third-order valence-electron chi connectivity index (χ3n) is 4.16. The average molecular weight is 417 g/mol. The van der Waals surface area contributed by atoms with Crippen LogP contribution in [0.4, 0.5) is 4.39 Å². The molecule has 3 aromatic rings. The highest BCUT2D eigenvalue weighted by molar-refractivity contribution is 7.90. The van der Waals surface area contributed by atoms with E-state index in [0.29, 0.717) is 5.75 Å². The number of hydrogen-bond donors (Lipinski definition) is 0. The molecule has 0 saturated carbocycles. The topological polar surface area (TPSA) is 76.8 Å². The van der Waals surface area contributed by atoms with Gasteiger partial charge in [-0.3, -0.25) is 4.79 Å². The summed E-state index contributed by atoms with van der Waals surface area (Å²) in [4.78, 5) is 14.1. The standard InChI is InChI=1S/C21H20FNO5S/c1-23(13-14-27-17-9-7-16(22)8-10-17)21(24)20-12-11-18(28-20)15-29(25,26)19-5-3-2-4-6-19/h2-12H,13-15H2,1H3. The molecule has 0 unspecified atom stereocenters. The highest BCUT2D eigenvalue weighted by Crippen LogP contribution is 2.19. The lowest BCUT2D eigenvalue weighted by molar-refractivity contribution is 0.0741. The van der Waals surface area contributed by atoms with Crippen LogP contribution in [0.2, 0.25) is 0 Å². The van der Waals surface area contributed by atoms with E-state index in [1.54, 1.807) is 25.2 Å². The Labute approximate surface area is 168 Å². The van der Waals surface area contributed by atoms with Crippen molar-refractivity contribution in [3.8, 4) is 5.75 Å². The van der Waals surface area contributed by atoms with E-state index in [0.717, 1.165) is 0 Å². The molecule has 0 aliphatic heterocycles. The lowest BCUT2D eigenvalue weighted by Crippen LogP contribution is -2.30. The van der Waals surface area contributed by atoms with Crippen LogP contribution in [0.5, 0.6) is 5.75 Å². The number of furan rings is 1. The number of amides is 1. The van der Waals surface area contributed by atoms with Crippen LogP contribution in [0, 0.1) is 5.82 Å². The number of rotatable bonds is 8. The normalized spacial score (nSPS) is 11.2.